The molecule has 2 amide bonds. The van der Waals surface area contributed by atoms with Crippen molar-refractivity contribution < 1.29 is 19.1 Å². The lowest BCUT2D eigenvalue weighted by molar-refractivity contribution is -0.149. The number of alkyl carbamates (subject to hydrolysis) is 1. The van der Waals surface area contributed by atoms with Gasteiger partial charge in [-0.1, -0.05) is 0 Å². The Morgan fingerprint density at radius 1 is 1.39 bits per heavy atom. The average molecular weight is 473 g/mol. The number of methoxy groups -OCH3 is 1. The van der Waals surface area contributed by atoms with Gasteiger partial charge in [0.15, 0.2) is 0 Å². The number of rotatable bonds is 8. The van der Waals surface area contributed by atoms with Crippen LogP contribution in [0.3, 0.4) is 0 Å². The van der Waals surface area contributed by atoms with Gasteiger partial charge in [0.2, 0.25) is 0 Å². The molecule has 0 radical (unpaired) electrons. The summed E-state index contributed by atoms with van der Waals surface area (Å²) in [5, 5.41) is 2.71. The molecule has 0 unspecified atom stereocenters. The summed E-state index contributed by atoms with van der Waals surface area (Å²) in [6.45, 7) is 3.39. The van der Waals surface area contributed by atoms with E-state index < -0.39 is 6.09 Å². The number of nitrogens with zero attached hydrogens (tertiary/aromatic N) is 1. The molecular formula is C20H29BrN2O4S. The van der Waals surface area contributed by atoms with Crippen LogP contribution in [0.25, 0.3) is 0 Å². The first kappa shape index (κ1) is 21.6. The zero-order chi connectivity index (χ0) is 20.1. The quantitative estimate of drug-likeness (QED) is 0.568. The second kappa shape index (κ2) is 10.1. The molecule has 0 aromatic carbocycles. The van der Waals surface area contributed by atoms with Crippen molar-refractivity contribution in [2.24, 2.45) is 0 Å². The molecule has 28 heavy (non-hydrogen) atoms. The Bertz CT molecular complexity index is 686. The van der Waals surface area contributed by atoms with Crippen molar-refractivity contribution in [3.05, 3.63) is 20.3 Å². The number of carbonyl (C=O) groups is 2. The van der Waals surface area contributed by atoms with E-state index in [1.54, 1.807) is 11.3 Å². The van der Waals surface area contributed by atoms with Crippen LogP contribution in [-0.2, 0) is 20.7 Å². The first-order valence-electron chi connectivity index (χ1n) is 10.0. The Morgan fingerprint density at radius 2 is 2.18 bits per heavy atom. The SMILES string of the molecule is COC(=O)NCCCc1sc([C@H](C)N(C(=O)[C@H]2CCCCO2)C2CC2)cc1Br. The van der Waals surface area contributed by atoms with Gasteiger partial charge >= 0.3 is 6.09 Å². The minimum Gasteiger partial charge on any atom is -0.453 e. The molecule has 1 N–H and O–H groups in total. The molecule has 2 aliphatic rings. The summed E-state index contributed by atoms with van der Waals surface area (Å²) in [5.41, 5.74) is 0. The largest absolute Gasteiger partial charge is 0.453 e. The molecule has 1 aromatic rings. The molecule has 2 atom stereocenters. The minimum atomic E-state index is -0.400. The van der Waals surface area contributed by atoms with Gasteiger partial charge < -0.3 is 19.7 Å². The van der Waals surface area contributed by atoms with Crippen molar-refractivity contribution in [2.45, 2.75) is 70.1 Å². The van der Waals surface area contributed by atoms with E-state index in [9.17, 15) is 9.59 Å². The maximum absolute atomic E-state index is 13.1. The van der Waals surface area contributed by atoms with Crippen molar-refractivity contribution >= 4 is 39.3 Å². The molecule has 1 saturated carbocycles. The van der Waals surface area contributed by atoms with Crippen LogP contribution in [0.2, 0.25) is 0 Å². The van der Waals surface area contributed by atoms with E-state index in [4.69, 9.17) is 4.74 Å². The van der Waals surface area contributed by atoms with E-state index in [1.165, 1.54) is 16.9 Å². The number of carbonyl (C=O) groups excluding carboxylic acids is 2. The van der Waals surface area contributed by atoms with Crippen molar-refractivity contribution in [3.63, 3.8) is 0 Å². The number of hydrogen-bond donors (Lipinski definition) is 1. The normalized spacial score (nSPS) is 20.5. The van der Waals surface area contributed by atoms with E-state index >= 15 is 0 Å². The van der Waals surface area contributed by atoms with Crippen molar-refractivity contribution in [1.29, 1.82) is 0 Å². The van der Waals surface area contributed by atoms with E-state index in [1.807, 2.05) is 0 Å². The van der Waals surface area contributed by atoms with Crippen LogP contribution in [0.15, 0.2) is 10.5 Å². The van der Waals surface area contributed by atoms with Crippen LogP contribution in [0.5, 0.6) is 0 Å². The molecule has 0 bridgehead atoms. The van der Waals surface area contributed by atoms with E-state index in [0.29, 0.717) is 19.2 Å². The Balaban J connectivity index is 1.62. The fourth-order valence-electron chi connectivity index (χ4n) is 3.59. The number of halogens is 1. The van der Waals surface area contributed by atoms with Crippen molar-refractivity contribution in [3.8, 4) is 0 Å². The van der Waals surface area contributed by atoms with Crippen LogP contribution in [0.1, 0.15) is 61.2 Å². The minimum absolute atomic E-state index is 0.0498. The monoisotopic (exact) mass is 472 g/mol. The summed E-state index contributed by atoms with van der Waals surface area (Å²) in [7, 11) is 1.37. The third-order valence-corrected chi connectivity index (χ3v) is 7.63. The lowest BCUT2D eigenvalue weighted by Crippen LogP contribution is -2.44. The van der Waals surface area contributed by atoms with Gasteiger partial charge in [-0.25, -0.2) is 4.79 Å². The number of ether oxygens (including phenoxy) is 2. The van der Waals surface area contributed by atoms with Gasteiger partial charge in [0.1, 0.15) is 6.10 Å². The van der Waals surface area contributed by atoms with E-state index in [-0.39, 0.29) is 18.1 Å². The van der Waals surface area contributed by atoms with Gasteiger partial charge in [-0.2, -0.15) is 0 Å². The van der Waals surface area contributed by atoms with E-state index in [0.717, 1.165) is 49.4 Å². The van der Waals surface area contributed by atoms with Crippen LogP contribution < -0.4 is 5.32 Å². The topological polar surface area (TPSA) is 67.9 Å². The molecule has 1 saturated heterocycles. The predicted molar refractivity (Wildman–Crippen MR) is 113 cm³/mol. The Kier molecular flexibility index (Phi) is 7.77. The van der Waals surface area contributed by atoms with Crippen LogP contribution in [0, 0.1) is 0 Å². The number of amides is 2. The molecule has 156 valence electrons. The molecular weight excluding hydrogens is 444 g/mol. The maximum Gasteiger partial charge on any atom is 0.406 e. The standard InChI is InChI=1S/C20H29BrN2O4S/c1-13(23(14-8-9-14)19(24)16-6-3-4-11-27-16)18-12-15(21)17(28-18)7-5-10-22-20(25)26-2/h12-14,16H,3-11H2,1-2H3,(H,22,25)/t13-,16+/m0/s1. The van der Waals surface area contributed by atoms with Crippen LogP contribution in [0.4, 0.5) is 4.79 Å². The third-order valence-electron chi connectivity index (χ3n) is 5.29. The number of nitrogens with one attached hydrogen (secondary N) is 1. The highest BCUT2D eigenvalue weighted by Gasteiger charge is 2.40. The first-order chi connectivity index (χ1) is 13.5. The fourth-order valence-corrected chi connectivity index (χ4v) is 5.58. The zero-order valence-corrected chi connectivity index (χ0v) is 18.9. The predicted octanol–water partition coefficient (Wildman–Crippen LogP) is 4.42. The van der Waals surface area contributed by atoms with Gasteiger partial charge in [-0.05, 0) is 73.9 Å². The molecule has 1 aliphatic heterocycles. The average Bonchev–Trinajstić information content (AvgIpc) is 3.47. The Morgan fingerprint density at radius 3 is 2.82 bits per heavy atom. The highest BCUT2D eigenvalue weighted by Crippen LogP contribution is 2.40. The lowest BCUT2D eigenvalue weighted by Gasteiger charge is -2.33. The first-order valence-corrected chi connectivity index (χ1v) is 11.7. The molecule has 2 heterocycles. The third kappa shape index (κ3) is 5.48. The lowest BCUT2D eigenvalue weighted by atomic mass is 10.1. The Hall–Kier alpha value is -1.12. The number of hydrogen-bond acceptors (Lipinski definition) is 5. The second-order valence-corrected chi connectivity index (χ2v) is 9.47. The van der Waals surface area contributed by atoms with Gasteiger partial charge in [-0.3, -0.25) is 4.79 Å². The summed E-state index contributed by atoms with van der Waals surface area (Å²) < 4.78 is 11.4. The number of aryl methyl sites for hydroxylation is 1. The summed E-state index contributed by atoms with van der Waals surface area (Å²) in [6.07, 6.45) is 6.15. The van der Waals surface area contributed by atoms with Crippen molar-refractivity contribution in [2.75, 3.05) is 20.3 Å². The van der Waals surface area contributed by atoms with Gasteiger partial charge in [-0.15, -0.1) is 11.3 Å². The maximum atomic E-state index is 13.1. The zero-order valence-electron chi connectivity index (χ0n) is 16.5. The molecule has 6 nitrogen and oxygen atoms in total. The summed E-state index contributed by atoms with van der Waals surface area (Å²) in [5.74, 6) is 0.156. The molecule has 1 aromatic heterocycles. The smallest absolute Gasteiger partial charge is 0.406 e. The van der Waals surface area contributed by atoms with Gasteiger partial charge in [0, 0.05) is 33.4 Å². The number of thiophene rings is 1. The molecule has 0 spiro atoms. The molecule has 3 rings (SSSR count). The van der Waals surface area contributed by atoms with Crippen LogP contribution in [-0.4, -0.2) is 49.3 Å². The fraction of sp³-hybridized carbons (Fsp3) is 0.700. The summed E-state index contributed by atoms with van der Waals surface area (Å²) >= 11 is 5.41. The van der Waals surface area contributed by atoms with Gasteiger partial charge in [0.05, 0.1) is 13.2 Å². The molecule has 1 aliphatic carbocycles. The van der Waals surface area contributed by atoms with Crippen molar-refractivity contribution in [1.82, 2.24) is 10.2 Å². The molecule has 2 fully saturated rings. The second-order valence-electron chi connectivity index (χ2n) is 7.45. The summed E-state index contributed by atoms with van der Waals surface area (Å²) in [4.78, 5) is 28.8. The van der Waals surface area contributed by atoms with Crippen LogP contribution >= 0.6 is 27.3 Å². The molecule has 8 heteroatoms. The Labute approximate surface area is 179 Å². The van der Waals surface area contributed by atoms with Gasteiger partial charge in [0.25, 0.3) is 5.91 Å². The highest BCUT2D eigenvalue weighted by atomic mass is 79.9. The summed E-state index contributed by atoms with van der Waals surface area (Å²) in [6, 6.07) is 2.54. The highest BCUT2D eigenvalue weighted by molar-refractivity contribution is 9.10. The van der Waals surface area contributed by atoms with E-state index in [2.05, 4.69) is 43.9 Å².